The van der Waals surface area contributed by atoms with E-state index in [4.69, 9.17) is 0 Å². The lowest BCUT2D eigenvalue weighted by atomic mass is 9.86. The average molecular weight is 284 g/mol. The molecule has 1 aliphatic rings. The summed E-state index contributed by atoms with van der Waals surface area (Å²) in [5.41, 5.74) is -0.488. The summed E-state index contributed by atoms with van der Waals surface area (Å²) in [5.74, 6) is -0.0756. The molecular formula is C15H28N2O3. The topological polar surface area (TPSA) is 69.6 Å². The highest BCUT2D eigenvalue weighted by Crippen LogP contribution is 2.24. The van der Waals surface area contributed by atoms with Gasteiger partial charge in [0.15, 0.2) is 0 Å². The van der Waals surface area contributed by atoms with Crippen LogP contribution in [0.2, 0.25) is 0 Å². The number of likely N-dealkylation sites (N-methyl/N-ethyl adjacent to an activating group) is 1. The van der Waals surface area contributed by atoms with Gasteiger partial charge in [0.05, 0.1) is 12.6 Å². The van der Waals surface area contributed by atoms with Crippen LogP contribution in [0, 0.1) is 11.3 Å². The number of nitrogens with one attached hydrogen (secondary N) is 1. The fourth-order valence-electron chi connectivity index (χ4n) is 2.41. The van der Waals surface area contributed by atoms with Gasteiger partial charge in [-0.2, -0.15) is 0 Å². The highest BCUT2D eigenvalue weighted by atomic mass is 16.3. The molecule has 2 atom stereocenters. The second-order valence-electron chi connectivity index (χ2n) is 6.82. The van der Waals surface area contributed by atoms with E-state index in [1.807, 2.05) is 20.8 Å². The lowest BCUT2D eigenvalue weighted by Crippen LogP contribution is -2.44. The summed E-state index contributed by atoms with van der Waals surface area (Å²) in [6, 6.07) is 0. The van der Waals surface area contributed by atoms with Crippen molar-refractivity contribution < 1.29 is 14.7 Å². The van der Waals surface area contributed by atoms with Crippen LogP contribution in [-0.2, 0) is 9.59 Å². The Morgan fingerprint density at radius 3 is 2.40 bits per heavy atom. The standard InChI is InChI=1S/C15H28N2O3/c1-15(2,3)14(20)16-9-13(19)17(4)10-11-7-5-6-8-12(11)18/h11-12,18H,5-10H2,1-4H3,(H,16,20). The lowest BCUT2D eigenvalue weighted by Gasteiger charge is -2.31. The molecule has 2 amide bonds. The third-order valence-corrected chi connectivity index (χ3v) is 3.88. The average Bonchev–Trinajstić information content (AvgIpc) is 2.36. The van der Waals surface area contributed by atoms with Crippen LogP contribution in [-0.4, -0.2) is 48.1 Å². The van der Waals surface area contributed by atoms with Gasteiger partial charge in [0.1, 0.15) is 0 Å². The number of aliphatic hydroxyl groups is 1. The molecule has 0 heterocycles. The van der Waals surface area contributed by atoms with Gasteiger partial charge in [-0.15, -0.1) is 0 Å². The molecule has 116 valence electrons. The lowest BCUT2D eigenvalue weighted by molar-refractivity contribution is -0.135. The largest absolute Gasteiger partial charge is 0.393 e. The second-order valence-corrected chi connectivity index (χ2v) is 6.82. The number of rotatable bonds is 4. The smallest absolute Gasteiger partial charge is 0.241 e. The third kappa shape index (κ3) is 5.12. The Morgan fingerprint density at radius 1 is 1.25 bits per heavy atom. The highest BCUT2D eigenvalue weighted by molar-refractivity contribution is 5.87. The van der Waals surface area contributed by atoms with Crippen LogP contribution in [0.15, 0.2) is 0 Å². The van der Waals surface area contributed by atoms with E-state index in [0.717, 1.165) is 25.7 Å². The maximum Gasteiger partial charge on any atom is 0.241 e. The minimum atomic E-state index is -0.488. The second kappa shape index (κ2) is 7.07. The van der Waals surface area contributed by atoms with Crippen LogP contribution in [0.3, 0.4) is 0 Å². The molecule has 5 nitrogen and oxygen atoms in total. The van der Waals surface area contributed by atoms with Crippen LogP contribution in [0.25, 0.3) is 0 Å². The Kier molecular flexibility index (Phi) is 5.99. The first-order chi connectivity index (χ1) is 9.21. The third-order valence-electron chi connectivity index (χ3n) is 3.88. The molecule has 0 aromatic heterocycles. The highest BCUT2D eigenvalue weighted by Gasteiger charge is 2.26. The van der Waals surface area contributed by atoms with Crippen molar-refractivity contribution in [2.24, 2.45) is 11.3 Å². The molecule has 0 bridgehead atoms. The number of carbonyl (C=O) groups is 2. The number of hydrogen-bond donors (Lipinski definition) is 2. The quantitative estimate of drug-likeness (QED) is 0.814. The van der Waals surface area contributed by atoms with E-state index in [1.54, 1.807) is 11.9 Å². The molecule has 1 saturated carbocycles. The molecule has 0 aromatic carbocycles. The van der Waals surface area contributed by atoms with Gasteiger partial charge in [0.2, 0.25) is 11.8 Å². The summed E-state index contributed by atoms with van der Waals surface area (Å²) in [4.78, 5) is 25.3. The first kappa shape index (κ1) is 17.0. The maximum absolute atomic E-state index is 12.0. The molecule has 0 aliphatic heterocycles. The van der Waals surface area contributed by atoms with Gasteiger partial charge >= 0.3 is 0 Å². The molecule has 1 aliphatic carbocycles. The zero-order valence-corrected chi connectivity index (χ0v) is 13.1. The minimum absolute atomic E-state index is 0.0232. The monoisotopic (exact) mass is 284 g/mol. The van der Waals surface area contributed by atoms with Crippen molar-refractivity contribution in [2.75, 3.05) is 20.1 Å². The minimum Gasteiger partial charge on any atom is -0.393 e. The van der Waals surface area contributed by atoms with E-state index in [9.17, 15) is 14.7 Å². The van der Waals surface area contributed by atoms with Gasteiger partial charge in [-0.05, 0) is 12.8 Å². The van der Waals surface area contributed by atoms with Crippen LogP contribution in [0.1, 0.15) is 46.5 Å². The fourth-order valence-corrected chi connectivity index (χ4v) is 2.41. The predicted octanol–water partition coefficient (Wildman–Crippen LogP) is 1.16. The van der Waals surface area contributed by atoms with Crippen molar-refractivity contribution in [3.05, 3.63) is 0 Å². The number of amides is 2. The summed E-state index contributed by atoms with van der Waals surface area (Å²) >= 11 is 0. The normalized spacial score (nSPS) is 23.2. The Balaban J connectivity index is 2.37. The Hall–Kier alpha value is -1.10. The van der Waals surface area contributed by atoms with Crippen molar-refractivity contribution in [1.29, 1.82) is 0 Å². The summed E-state index contributed by atoms with van der Waals surface area (Å²) in [6.45, 7) is 6.03. The number of aliphatic hydroxyl groups excluding tert-OH is 1. The molecule has 1 rings (SSSR count). The predicted molar refractivity (Wildman–Crippen MR) is 78.1 cm³/mol. The van der Waals surface area contributed by atoms with Gasteiger partial charge in [0.25, 0.3) is 0 Å². The van der Waals surface area contributed by atoms with Gasteiger partial charge in [-0.3, -0.25) is 9.59 Å². The summed E-state index contributed by atoms with van der Waals surface area (Å²) in [7, 11) is 1.73. The number of carbonyl (C=O) groups excluding carboxylic acids is 2. The van der Waals surface area contributed by atoms with E-state index in [2.05, 4.69) is 5.32 Å². The van der Waals surface area contributed by atoms with E-state index in [0.29, 0.717) is 6.54 Å². The zero-order valence-electron chi connectivity index (χ0n) is 13.1. The first-order valence-electron chi connectivity index (χ1n) is 7.42. The van der Waals surface area contributed by atoms with Gasteiger partial charge in [-0.1, -0.05) is 33.6 Å². The molecule has 0 spiro atoms. The molecule has 2 N–H and O–H groups in total. The Bertz CT molecular complexity index is 350. The number of hydrogen-bond acceptors (Lipinski definition) is 3. The fraction of sp³-hybridized carbons (Fsp3) is 0.867. The molecule has 2 unspecified atom stereocenters. The van der Waals surface area contributed by atoms with Crippen molar-refractivity contribution in [2.45, 2.75) is 52.6 Å². The summed E-state index contributed by atoms with van der Waals surface area (Å²) in [5, 5.41) is 12.6. The Morgan fingerprint density at radius 2 is 1.85 bits per heavy atom. The van der Waals surface area contributed by atoms with Crippen molar-refractivity contribution in [3.63, 3.8) is 0 Å². The molecule has 0 saturated heterocycles. The van der Waals surface area contributed by atoms with E-state index < -0.39 is 5.41 Å². The van der Waals surface area contributed by atoms with E-state index in [1.165, 1.54) is 0 Å². The molecule has 0 radical (unpaired) electrons. The van der Waals surface area contributed by atoms with Crippen LogP contribution in [0.4, 0.5) is 0 Å². The van der Waals surface area contributed by atoms with Crippen molar-refractivity contribution in [3.8, 4) is 0 Å². The van der Waals surface area contributed by atoms with Crippen molar-refractivity contribution >= 4 is 11.8 Å². The molecule has 20 heavy (non-hydrogen) atoms. The summed E-state index contributed by atoms with van der Waals surface area (Å²) < 4.78 is 0. The maximum atomic E-state index is 12.0. The zero-order chi connectivity index (χ0) is 15.3. The molecule has 0 aromatic rings. The van der Waals surface area contributed by atoms with Crippen LogP contribution >= 0.6 is 0 Å². The number of nitrogens with zero attached hydrogens (tertiary/aromatic N) is 1. The van der Waals surface area contributed by atoms with Gasteiger partial charge < -0.3 is 15.3 Å². The summed E-state index contributed by atoms with van der Waals surface area (Å²) in [6.07, 6.45) is 3.67. The van der Waals surface area contributed by atoms with Crippen molar-refractivity contribution in [1.82, 2.24) is 10.2 Å². The van der Waals surface area contributed by atoms with Crippen LogP contribution in [0.5, 0.6) is 0 Å². The SMILES string of the molecule is CN(CC1CCCCC1O)C(=O)CNC(=O)C(C)(C)C. The van der Waals surface area contributed by atoms with Gasteiger partial charge in [0, 0.05) is 24.9 Å². The van der Waals surface area contributed by atoms with E-state index in [-0.39, 0.29) is 30.4 Å². The molecular weight excluding hydrogens is 256 g/mol. The van der Waals surface area contributed by atoms with E-state index >= 15 is 0 Å². The van der Waals surface area contributed by atoms with Gasteiger partial charge in [-0.25, -0.2) is 0 Å². The molecule has 1 fully saturated rings. The molecule has 5 heteroatoms. The first-order valence-corrected chi connectivity index (χ1v) is 7.42. The van der Waals surface area contributed by atoms with Crippen LogP contribution < -0.4 is 5.32 Å². The Labute approximate surface area is 121 Å².